The Morgan fingerprint density at radius 2 is 2.33 bits per heavy atom. The third-order valence-corrected chi connectivity index (χ3v) is 6.16. The van der Waals surface area contributed by atoms with Crippen molar-refractivity contribution in [2.75, 3.05) is 25.2 Å². The monoisotopic (exact) mass is 309 g/mol. The molecule has 0 saturated carbocycles. The van der Waals surface area contributed by atoms with E-state index in [-0.39, 0.29) is 17.5 Å². The van der Waals surface area contributed by atoms with E-state index < -0.39 is 0 Å². The van der Waals surface area contributed by atoms with Crippen LogP contribution in [0.1, 0.15) is 36.4 Å². The van der Waals surface area contributed by atoms with Crippen molar-refractivity contribution in [1.29, 1.82) is 0 Å². The summed E-state index contributed by atoms with van der Waals surface area (Å²) in [7, 11) is 1.94. The van der Waals surface area contributed by atoms with E-state index in [9.17, 15) is 4.39 Å². The van der Waals surface area contributed by atoms with Crippen LogP contribution in [0.2, 0.25) is 0 Å². The van der Waals surface area contributed by atoms with Crippen molar-refractivity contribution >= 4 is 11.8 Å². The number of hydrogen-bond acceptors (Lipinski definition) is 3. The van der Waals surface area contributed by atoms with Crippen LogP contribution in [-0.2, 0) is 4.74 Å². The maximum Gasteiger partial charge on any atom is 0.130 e. The van der Waals surface area contributed by atoms with Crippen LogP contribution in [0.5, 0.6) is 0 Å². The smallest absolute Gasteiger partial charge is 0.130 e. The predicted octanol–water partition coefficient (Wildman–Crippen LogP) is 3.70. The van der Waals surface area contributed by atoms with E-state index in [0.29, 0.717) is 5.92 Å². The van der Waals surface area contributed by atoms with E-state index >= 15 is 0 Å². The Morgan fingerprint density at radius 3 is 3.05 bits per heavy atom. The predicted molar refractivity (Wildman–Crippen MR) is 86.3 cm³/mol. The molecule has 2 aliphatic heterocycles. The van der Waals surface area contributed by atoms with Crippen LogP contribution in [0, 0.1) is 18.7 Å². The quantitative estimate of drug-likeness (QED) is 0.920. The molecule has 1 spiro atoms. The summed E-state index contributed by atoms with van der Waals surface area (Å²) in [5, 5.41) is 3.36. The van der Waals surface area contributed by atoms with E-state index in [1.807, 2.05) is 43.9 Å². The summed E-state index contributed by atoms with van der Waals surface area (Å²) >= 11 is 1.98. The number of aryl methyl sites for hydroxylation is 1. The average molecular weight is 309 g/mol. The SMILES string of the molecule is CNC(c1cccc(C)c1F)C1CCOC2(CCSC2)C1. The first-order valence-corrected chi connectivity index (χ1v) is 8.95. The summed E-state index contributed by atoms with van der Waals surface area (Å²) in [6.07, 6.45) is 3.19. The van der Waals surface area contributed by atoms with Crippen molar-refractivity contribution in [2.45, 2.75) is 37.8 Å². The number of rotatable bonds is 3. The molecule has 3 atom stereocenters. The normalized spacial score (nSPS) is 30.7. The zero-order chi connectivity index (χ0) is 14.9. The van der Waals surface area contributed by atoms with Gasteiger partial charge in [-0.25, -0.2) is 4.39 Å². The molecule has 0 bridgehead atoms. The van der Waals surface area contributed by atoms with Gasteiger partial charge in [-0.05, 0) is 50.5 Å². The molecule has 3 rings (SSSR count). The minimum atomic E-state index is -0.0572. The van der Waals surface area contributed by atoms with Crippen LogP contribution in [0.15, 0.2) is 18.2 Å². The second-order valence-corrected chi connectivity index (χ2v) is 7.44. The Bertz CT molecular complexity index is 502. The van der Waals surface area contributed by atoms with Crippen LogP contribution < -0.4 is 5.32 Å². The van der Waals surface area contributed by atoms with Gasteiger partial charge in [0, 0.05) is 24.0 Å². The summed E-state index contributed by atoms with van der Waals surface area (Å²) in [6, 6.07) is 5.80. The van der Waals surface area contributed by atoms with Crippen molar-refractivity contribution in [3.8, 4) is 0 Å². The van der Waals surface area contributed by atoms with Crippen LogP contribution in [0.4, 0.5) is 4.39 Å². The van der Waals surface area contributed by atoms with Crippen molar-refractivity contribution in [2.24, 2.45) is 5.92 Å². The van der Waals surface area contributed by atoms with E-state index in [1.54, 1.807) is 0 Å². The molecule has 21 heavy (non-hydrogen) atoms. The standard InChI is InChI=1S/C17H24FNOS/c1-12-4-3-5-14(15(12)18)16(19-2)13-6-8-20-17(10-13)7-9-21-11-17/h3-5,13,16,19H,6-11H2,1-2H3. The molecule has 0 radical (unpaired) electrons. The maximum atomic E-state index is 14.5. The molecule has 4 heteroatoms. The van der Waals surface area contributed by atoms with Gasteiger partial charge < -0.3 is 10.1 Å². The lowest BCUT2D eigenvalue weighted by Gasteiger charge is -2.41. The minimum absolute atomic E-state index is 0.0446. The average Bonchev–Trinajstić information content (AvgIpc) is 2.92. The van der Waals surface area contributed by atoms with E-state index in [0.717, 1.165) is 42.7 Å². The Balaban J connectivity index is 1.84. The number of hydrogen-bond donors (Lipinski definition) is 1. The van der Waals surface area contributed by atoms with Crippen LogP contribution in [0.3, 0.4) is 0 Å². The lowest BCUT2D eigenvalue weighted by molar-refractivity contribution is -0.0852. The van der Waals surface area contributed by atoms with Gasteiger partial charge in [-0.15, -0.1) is 0 Å². The van der Waals surface area contributed by atoms with Crippen LogP contribution in [-0.4, -0.2) is 30.8 Å². The first-order chi connectivity index (χ1) is 10.2. The Morgan fingerprint density at radius 1 is 1.48 bits per heavy atom. The Labute approximate surface area is 130 Å². The summed E-state index contributed by atoms with van der Waals surface area (Å²) < 4.78 is 20.6. The molecule has 0 aliphatic carbocycles. The molecule has 2 aliphatic rings. The van der Waals surface area contributed by atoms with Crippen LogP contribution >= 0.6 is 11.8 Å². The highest BCUT2D eigenvalue weighted by Gasteiger charge is 2.42. The molecule has 1 aromatic carbocycles. The van der Waals surface area contributed by atoms with Gasteiger partial charge in [0.2, 0.25) is 0 Å². The van der Waals surface area contributed by atoms with Gasteiger partial charge in [0.05, 0.1) is 5.60 Å². The van der Waals surface area contributed by atoms with Gasteiger partial charge in [-0.1, -0.05) is 18.2 Å². The highest BCUT2D eigenvalue weighted by molar-refractivity contribution is 7.99. The third-order valence-electron chi connectivity index (χ3n) is 4.94. The van der Waals surface area contributed by atoms with Crippen LogP contribution in [0.25, 0.3) is 0 Å². The molecule has 2 nitrogen and oxygen atoms in total. The summed E-state index contributed by atoms with van der Waals surface area (Å²) in [6.45, 7) is 2.64. The molecule has 0 aromatic heterocycles. The van der Waals surface area contributed by atoms with E-state index in [4.69, 9.17) is 4.74 Å². The highest BCUT2D eigenvalue weighted by Crippen LogP contribution is 2.44. The Hall–Kier alpha value is -0.580. The molecular weight excluding hydrogens is 285 g/mol. The number of nitrogens with one attached hydrogen (secondary N) is 1. The number of thioether (sulfide) groups is 1. The van der Waals surface area contributed by atoms with E-state index in [2.05, 4.69) is 5.32 Å². The minimum Gasteiger partial charge on any atom is -0.374 e. The summed E-state index contributed by atoms with van der Waals surface area (Å²) in [5.41, 5.74) is 1.58. The zero-order valence-electron chi connectivity index (χ0n) is 12.8. The lowest BCUT2D eigenvalue weighted by Crippen LogP contribution is -2.43. The van der Waals surface area contributed by atoms with Gasteiger partial charge in [-0.2, -0.15) is 11.8 Å². The number of ether oxygens (including phenoxy) is 1. The summed E-state index contributed by atoms with van der Waals surface area (Å²) in [5.74, 6) is 2.67. The van der Waals surface area contributed by atoms with Crippen molar-refractivity contribution < 1.29 is 9.13 Å². The fourth-order valence-electron chi connectivity index (χ4n) is 3.77. The number of benzene rings is 1. The first kappa shape index (κ1) is 15.3. The molecule has 2 heterocycles. The largest absolute Gasteiger partial charge is 0.374 e. The van der Waals surface area contributed by atoms with Gasteiger partial charge in [0.1, 0.15) is 5.82 Å². The molecular formula is C17H24FNOS. The van der Waals surface area contributed by atoms with Gasteiger partial charge in [0.15, 0.2) is 0 Å². The zero-order valence-corrected chi connectivity index (χ0v) is 13.6. The van der Waals surface area contributed by atoms with Gasteiger partial charge >= 0.3 is 0 Å². The molecule has 116 valence electrons. The molecule has 2 saturated heterocycles. The molecule has 1 N–H and O–H groups in total. The first-order valence-electron chi connectivity index (χ1n) is 7.79. The van der Waals surface area contributed by atoms with Crippen molar-refractivity contribution in [3.63, 3.8) is 0 Å². The lowest BCUT2D eigenvalue weighted by atomic mass is 9.79. The second kappa shape index (κ2) is 6.27. The fraction of sp³-hybridized carbons (Fsp3) is 0.647. The van der Waals surface area contributed by atoms with E-state index in [1.165, 1.54) is 5.75 Å². The van der Waals surface area contributed by atoms with Crippen molar-refractivity contribution in [1.82, 2.24) is 5.32 Å². The Kier molecular flexibility index (Phi) is 4.57. The highest BCUT2D eigenvalue weighted by atomic mass is 32.2. The third kappa shape index (κ3) is 2.99. The molecule has 2 fully saturated rings. The van der Waals surface area contributed by atoms with Gasteiger partial charge in [0.25, 0.3) is 0 Å². The molecule has 0 amide bonds. The van der Waals surface area contributed by atoms with Crippen molar-refractivity contribution in [3.05, 3.63) is 35.1 Å². The fourth-order valence-corrected chi connectivity index (χ4v) is 5.15. The topological polar surface area (TPSA) is 21.3 Å². The second-order valence-electron chi connectivity index (χ2n) is 6.33. The molecule has 1 aromatic rings. The number of halogens is 1. The van der Waals surface area contributed by atoms with Gasteiger partial charge in [-0.3, -0.25) is 0 Å². The maximum absolute atomic E-state index is 14.5. The molecule has 3 unspecified atom stereocenters. The summed E-state index contributed by atoms with van der Waals surface area (Å²) in [4.78, 5) is 0.